The molecule has 2 saturated heterocycles. The van der Waals surface area contributed by atoms with Crippen molar-refractivity contribution in [1.29, 1.82) is 0 Å². The van der Waals surface area contributed by atoms with Gasteiger partial charge in [0.05, 0.1) is 12.7 Å². The van der Waals surface area contributed by atoms with Crippen molar-refractivity contribution >= 4 is 5.91 Å². The Kier molecular flexibility index (Phi) is 3.70. The summed E-state index contributed by atoms with van der Waals surface area (Å²) in [6.07, 6.45) is 9.65. The fraction of sp³-hybridized carbons (Fsp3) is 0.667. The van der Waals surface area contributed by atoms with Crippen molar-refractivity contribution in [2.45, 2.75) is 38.7 Å². The average Bonchev–Trinajstić information content (AvgIpc) is 2.83. The lowest BCUT2D eigenvalue weighted by atomic mass is 9.76. The van der Waals surface area contributed by atoms with E-state index in [1.807, 2.05) is 17.3 Å². The monoisotopic (exact) mass is 275 g/mol. The summed E-state index contributed by atoms with van der Waals surface area (Å²) in [4.78, 5) is 21.4. The van der Waals surface area contributed by atoms with E-state index < -0.39 is 0 Å². The summed E-state index contributed by atoms with van der Waals surface area (Å²) in [5.41, 5.74) is 1.42. The van der Waals surface area contributed by atoms with E-state index in [0.29, 0.717) is 0 Å². The molecule has 5 nitrogen and oxygen atoms in total. The number of carbonyl (C=O) groups is 1. The van der Waals surface area contributed by atoms with Crippen LogP contribution in [0.3, 0.4) is 0 Å². The number of hydrogen-bond donors (Lipinski definition) is 0. The Morgan fingerprint density at radius 2 is 2.10 bits per heavy atom. The quantitative estimate of drug-likeness (QED) is 0.819. The number of rotatable bonds is 2. The maximum absolute atomic E-state index is 11.4. The van der Waals surface area contributed by atoms with E-state index in [0.717, 1.165) is 50.9 Å². The summed E-state index contributed by atoms with van der Waals surface area (Å²) in [6, 6.07) is 0. The molecule has 1 spiro atoms. The Balaban J connectivity index is 1.56. The minimum Gasteiger partial charge on any atom is -0.377 e. The topological polar surface area (TPSA) is 55.3 Å². The van der Waals surface area contributed by atoms with Gasteiger partial charge in [-0.3, -0.25) is 4.79 Å². The van der Waals surface area contributed by atoms with Crippen LogP contribution >= 0.6 is 0 Å². The maximum atomic E-state index is 11.4. The largest absolute Gasteiger partial charge is 0.377 e. The number of nitrogens with zero attached hydrogens (tertiary/aromatic N) is 3. The van der Waals surface area contributed by atoms with Crippen LogP contribution in [-0.4, -0.2) is 46.6 Å². The van der Waals surface area contributed by atoms with E-state index in [4.69, 9.17) is 4.74 Å². The zero-order valence-corrected chi connectivity index (χ0v) is 11.9. The second-order valence-electron chi connectivity index (χ2n) is 6.09. The zero-order valence-electron chi connectivity index (χ0n) is 11.9. The molecule has 1 aromatic rings. The molecule has 0 aromatic carbocycles. The molecule has 5 heteroatoms. The Hall–Kier alpha value is -1.49. The molecule has 0 saturated carbocycles. The van der Waals surface area contributed by atoms with Gasteiger partial charge in [0.1, 0.15) is 6.33 Å². The second kappa shape index (κ2) is 5.48. The number of piperidine rings is 1. The molecule has 1 unspecified atom stereocenters. The Morgan fingerprint density at radius 1 is 1.40 bits per heavy atom. The van der Waals surface area contributed by atoms with Gasteiger partial charge >= 0.3 is 0 Å². The number of amides is 1. The molecule has 0 N–H and O–H groups in total. The minimum absolute atomic E-state index is 0.191. The van der Waals surface area contributed by atoms with Gasteiger partial charge in [0.2, 0.25) is 5.91 Å². The van der Waals surface area contributed by atoms with Crippen molar-refractivity contribution in [1.82, 2.24) is 14.9 Å². The highest BCUT2D eigenvalue weighted by Crippen LogP contribution is 2.42. The van der Waals surface area contributed by atoms with Gasteiger partial charge in [-0.05, 0) is 30.2 Å². The van der Waals surface area contributed by atoms with Gasteiger partial charge in [-0.1, -0.05) is 0 Å². The normalized spacial score (nSPS) is 25.1. The van der Waals surface area contributed by atoms with Crippen LogP contribution in [0.25, 0.3) is 0 Å². The van der Waals surface area contributed by atoms with Crippen LogP contribution < -0.4 is 0 Å². The van der Waals surface area contributed by atoms with Crippen molar-refractivity contribution in [2.75, 3.05) is 19.7 Å². The third kappa shape index (κ3) is 2.82. The third-order valence-electron chi connectivity index (χ3n) is 4.63. The van der Waals surface area contributed by atoms with Crippen LogP contribution in [0.4, 0.5) is 0 Å². The average molecular weight is 275 g/mol. The molecule has 1 amide bonds. The second-order valence-corrected chi connectivity index (χ2v) is 6.09. The zero-order chi connectivity index (χ0) is 14.0. The molecule has 0 aliphatic carbocycles. The first-order chi connectivity index (χ1) is 9.67. The minimum atomic E-state index is 0.191. The van der Waals surface area contributed by atoms with Gasteiger partial charge in [-0.25, -0.2) is 9.97 Å². The molecule has 3 heterocycles. The molecule has 2 aliphatic heterocycles. The summed E-state index contributed by atoms with van der Waals surface area (Å²) in [5, 5.41) is 0. The van der Waals surface area contributed by atoms with Crippen LogP contribution in [-0.2, 0) is 16.0 Å². The van der Waals surface area contributed by atoms with Crippen LogP contribution in [0.2, 0.25) is 0 Å². The number of hydrogen-bond acceptors (Lipinski definition) is 4. The molecule has 0 radical (unpaired) electrons. The molecule has 108 valence electrons. The summed E-state index contributed by atoms with van der Waals surface area (Å²) in [5.74, 6) is 0.191. The predicted molar refractivity (Wildman–Crippen MR) is 74.0 cm³/mol. The molecular weight excluding hydrogens is 254 g/mol. The Morgan fingerprint density at radius 3 is 2.75 bits per heavy atom. The standard InChI is InChI=1S/C15H21N3O2/c1-12(19)18-4-2-15(3-5-18)7-14(20-10-15)6-13-8-16-11-17-9-13/h8-9,11,14H,2-7,10H2,1H3. The molecule has 2 fully saturated rings. The lowest BCUT2D eigenvalue weighted by molar-refractivity contribution is -0.131. The van der Waals surface area contributed by atoms with Gasteiger partial charge in [0.25, 0.3) is 0 Å². The molecule has 3 rings (SSSR count). The van der Waals surface area contributed by atoms with Crippen molar-refractivity contribution in [3.63, 3.8) is 0 Å². The summed E-state index contributed by atoms with van der Waals surface area (Å²) in [6.45, 7) is 4.23. The van der Waals surface area contributed by atoms with Crippen molar-refractivity contribution in [3.05, 3.63) is 24.3 Å². The van der Waals surface area contributed by atoms with E-state index in [-0.39, 0.29) is 17.4 Å². The molecular formula is C15H21N3O2. The van der Waals surface area contributed by atoms with Crippen LogP contribution in [0.1, 0.15) is 31.7 Å². The van der Waals surface area contributed by atoms with Crippen molar-refractivity contribution < 1.29 is 9.53 Å². The third-order valence-corrected chi connectivity index (χ3v) is 4.63. The van der Waals surface area contributed by atoms with Gasteiger partial charge < -0.3 is 9.64 Å². The van der Waals surface area contributed by atoms with Crippen LogP contribution in [0.15, 0.2) is 18.7 Å². The lowest BCUT2D eigenvalue weighted by Gasteiger charge is -2.38. The lowest BCUT2D eigenvalue weighted by Crippen LogP contribution is -2.42. The van der Waals surface area contributed by atoms with Gasteiger partial charge in [0, 0.05) is 38.8 Å². The number of aromatic nitrogens is 2. The first kappa shape index (κ1) is 13.5. The maximum Gasteiger partial charge on any atom is 0.219 e. The predicted octanol–water partition coefficient (Wildman–Crippen LogP) is 1.44. The van der Waals surface area contributed by atoms with Crippen LogP contribution in [0, 0.1) is 5.41 Å². The fourth-order valence-corrected chi connectivity index (χ4v) is 3.37. The molecule has 0 bridgehead atoms. The molecule has 1 aromatic heterocycles. The first-order valence-electron chi connectivity index (χ1n) is 7.28. The van der Waals surface area contributed by atoms with E-state index >= 15 is 0 Å². The van der Waals surface area contributed by atoms with E-state index in [1.165, 1.54) is 0 Å². The Bertz CT molecular complexity index is 469. The van der Waals surface area contributed by atoms with E-state index in [9.17, 15) is 4.79 Å². The highest BCUT2D eigenvalue weighted by molar-refractivity contribution is 5.73. The number of ether oxygens (including phenoxy) is 1. The van der Waals surface area contributed by atoms with E-state index in [1.54, 1.807) is 13.3 Å². The fourth-order valence-electron chi connectivity index (χ4n) is 3.37. The molecule has 1 atom stereocenters. The SMILES string of the molecule is CC(=O)N1CCC2(CC1)COC(Cc1cncnc1)C2. The van der Waals surface area contributed by atoms with Crippen molar-refractivity contribution in [3.8, 4) is 0 Å². The summed E-state index contributed by atoms with van der Waals surface area (Å²) >= 11 is 0. The van der Waals surface area contributed by atoms with Gasteiger partial charge in [-0.2, -0.15) is 0 Å². The highest BCUT2D eigenvalue weighted by atomic mass is 16.5. The molecule has 20 heavy (non-hydrogen) atoms. The highest BCUT2D eigenvalue weighted by Gasteiger charge is 2.42. The smallest absolute Gasteiger partial charge is 0.219 e. The number of carbonyl (C=O) groups excluding carboxylic acids is 1. The van der Waals surface area contributed by atoms with E-state index in [2.05, 4.69) is 9.97 Å². The first-order valence-corrected chi connectivity index (χ1v) is 7.28. The summed E-state index contributed by atoms with van der Waals surface area (Å²) in [7, 11) is 0. The van der Waals surface area contributed by atoms with Crippen LogP contribution in [0.5, 0.6) is 0 Å². The number of likely N-dealkylation sites (tertiary alicyclic amines) is 1. The molecule has 2 aliphatic rings. The van der Waals surface area contributed by atoms with Crippen molar-refractivity contribution in [2.24, 2.45) is 5.41 Å². The Labute approximate surface area is 119 Å². The summed E-state index contributed by atoms with van der Waals surface area (Å²) < 4.78 is 5.99. The van der Waals surface area contributed by atoms with Gasteiger partial charge in [0.15, 0.2) is 0 Å². The van der Waals surface area contributed by atoms with Gasteiger partial charge in [-0.15, -0.1) is 0 Å².